The van der Waals surface area contributed by atoms with Gasteiger partial charge in [-0.05, 0) is 29.8 Å². The molecular weight excluding hydrogens is 235 g/mol. The average Bonchev–Trinajstić information content (AvgIpc) is 2.42. The van der Waals surface area contributed by atoms with Crippen LogP contribution in [0.1, 0.15) is 11.3 Å². The SMILES string of the molecule is Cc1cn2cc(Br)c(C)c(F)c2n1. The molecule has 0 fully saturated rings. The molecule has 0 aromatic carbocycles. The second-order valence-electron chi connectivity index (χ2n) is 3.03. The van der Waals surface area contributed by atoms with Crippen LogP contribution in [0.4, 0.5) is 4.39 Å². The second kappa shape index (κ2) is 2.80. The number of aromatic nitrogens is 2. The van der Waals surface area contributed by atoms with Crippen molar-refractivity contribution < 1.29 is 4.39 Å². The van der Waals surface area contributed by atoms with Crippen LogP contribution in [-0.4, -0.2) is 9.38 Å². The quantitative estimate of drug-likeness (QED) is 0.695. The van der Waals surface area contributed by atoms with Crippen LogP contribution >= 0.6 is 15.9 Å². The highest BCUT2D eigenvalue weighted by atomic mass is 79.9. The molecule has 68 valence electrons. The summed E-state index contributed by atoms with van der Waals surface area (Å²) in [5, 5.41) is 0. The molecule has 0 spiro atoms. The van der Waals surface area contributed by atoms with Gasteiger partial charge in [0.25, 0.3) is 0 Å². The van der Waals surface area contributed by atoms with Crippen molar-refractivity contribution in [2.45, 2.75) is 13.8 Å². The molecule has 0 radical (unpaired) electrons. The van der Waals surface area contributed by atoms with Gasteiger partial charge in [-0.2, -0.15) is 0 Å². The number of hydrogen-bond donors (Lipinski definition) is 0. The summed E-state index contributed by atoms with van der Waals surface area (Å²) >= 11 is 3.29. The molecule has 4 heteroatoms. The van der Waals surface area contributed by atoms with Gasteiger partial charge in [0.1, 0.15) is 0 Å². The molecule has 0 atom stereocenters. The topological polar surface area (TPSA) is 17.3 Å². The number of rotatable bonds is 0. The number of aryl methyl sites for hydroxylation is 1. The van der Waals surface area contributed by atoms with E-state index in [1.54, 1.807) is 17.5 Å². The average molecular weight is 243 g/mol. The van der Waals surface area contributed by atoms with E-state index < -0.39 is 0 Å². The van der Waals surface area contributed by atoms with E-state index in [1.165, 1.54) is 0 Å². The molecule has 2 rings (SSSR count). The van der Waals surface area contributed by atoms with E-state index in [-0.39, 0.29) is 5.82 Å². The third-order valence-electron chi connectivity index (χ3n) is 1.99. The van der Waals surface area contributed by atoms with Crippen LogP contribution < -0.4 is 0 Å². The first-order valence-electron chi connectivity index (χ1n) is 3.89. The molecule has 0 aliphatic rings. The van der Waals surface area contributed by atoms with Gasteiger partial charge in [-0.25, -0.2) is 9.37 Å². The molecule has 2 aromatic heterocycles. The highest BCUT2D eigenvalue weighted by molar-refractivity contribution is 9.10. The Kier molecular flexibility index (Phi) is 1.87. The molecule has 2 aromatic rings. The summed E-state index contributed by atoms with van der Waals surface area (Å²) in [6.45, 7) is 3.57. The van der Waals surface area contributed by atoms with E-state index in [2.05, 4.69) is 20.9 Å². The Labute approximate surface area is 83.5 Å². The maximum Gasteiger partial charge on any atom is 0.173 e. The third-order valence-corrected chi connectivity index (χ3v) is 2.79. The Hall–Kier alpha value is -0.900. The number of pyridine rings is 1. The highest BCUT2D eigenvalue weighted by Gasteiger charge is 2.10. The number of halogens is 2. The molecule has 0 saturated heterocycles. The van der Waals surface area contributed by atoms with E-state index >= 15 is 0 Å². The first-order valence-corrected chi connectivity index (χ1v) is 4.69. The van der Waals surface area contributed by atoms with Crippen molar-refractivity contribution >= 4 is 21.6 Å². The van der Waals surface area contributed by atoms with Crippen molar-refractivity contribution in [2.24, 2.45) is 0 Å². The second-order valence-corrected chi connectivity index (χ2v) is 3.88. The van der Waals surface area contributed by atoms with Crippen LogP contribution in [0, 0.1) is 19.7 Å². The Balaban J connectivity index is 2.92. The molecule has 2 nitrogen and oxygen atoms in total. The molecule has 0 aliphatic heterocycles. The van der Waals surface area contributed by atoms with Gasteiger partial charge in [-0.15, -0.1) is 0 Å². The zero-order valence-corrected chi connectivity index (χ0v) is 8.89. The van der Waals surface area contributed by atoms with Crippen molar-refractivity contribution in [3.05, 3.63) is 33.9 Å². The summed E-state index contributed by atoms with van der Waals surface area (Å²) < 4.78 is 16.0. The van der Waals surface area contributed by atoms with Crippen molar-refractivity contribution in [3.63, 3.8) is 0 Å². The summed E-state index contributed by atoms with van der Waals surface area (Å²) in [4.78, 5) is 4.08. The van der Waals surface area contributed by atoms with E-state index in [0.29, 0.717) is 11.2 Å². The van der Waals surface area contributed by atoms with Gasteiger partial charge in [0.15, 0.2) is 11.5 Å². The lowest BCUT2D eigenvalue weighted by atomic mass is 10.3. The van der Waals surface area contributed by atoms with Gasteiger partial charge >= 0.3 is 0 Å². The predicted octanol–water partition coefficient (Wildman–Crippen LogP) is 2.85. The summed E-state index contributed by atoms with van der Waals surface area (Å²) in [5.41, 5.74) is 1.80. The maximum absolute atomic E-state index is 13.6. The molecule has 13 heavy (non-hydrogen) atoms. The smallest absolute Gasteiger partial charge is 0.173 e. The van der Waals surface area contributed by atoms with Crippen LogP contribution in [-0.2, 0) is 0 Å². The molecule has 0 amide bonds. The predicted molar refractivity (Wildman–Crippen MR) is 52.3 cm³/mol. The third kappa shape index (κ3) is 1.25. The fourth-order valence-electron chi connectivity index (χ4n) is 1.27. The number of hydrogen-bond acceptors (Lipinski definition) is 1. The number of imidazole rings is 1. The minimum atomic E-state index is -0.262. The molecule has 0 N–H and O–H groups in total. The van der Waals surface area contributed by atoms with Gasteiger partial charge in [-0.3, -0.25) is 0 Å². The van der Waals surface area contributed by atoms with Crippen molar-refractivity contribution in [2.75, 3.05) is 0 Å². The van der Waals surface area contributed by atoms with Gasteiger partial charge in [0, 0.05) is 22.4 Å². The minimum Gasteiger partial charge on any atom is -0.303 e. The lowest BCUT2D eigenvalue weighted by molar-refractivity contribution is 0.619. The van der Waals surface area contributed by atoms with Crippen LogP contribution in [0.15, 0.2) is 16.9 Å². The van der Waals surface area contributed by atoms with Crippen LogP contribution in [0.25, 0.3) is 5.65 Å². The van der Waals surface area contributed by atoms with Crippen LogP contribution in [0.2, 0.25) is 0 Å². The highest BCUT2D eigenvalue weighted by Crippen LogP contribution is 2.22. The Morgan fingerprint density at radius 3 is 2.77 bits per heavy atom. The normalized spacial score (nSPS) is 11.1. The van der Waals surface area contributed by atoms with Crippen molar-refractivity contribution in [1.29, 1.82) is 0 Å². The lowest BCUT2D eigenvalue weighted by Crippen LogP contribution is -1.92. The molecule has 2 heterocycles. The summed E-state index contributed by atoms with van der Waals surface area (Å²) in [6.07, 6.45) is 3.61. The molecule has 0 unspecified atom stereocenters. The first kappa shape index (κ1) is 8.69. The molecule has 0 saturated carbocycles. The number of fused-ring (bicyclic) bond motifs is 1. The largest absolute Gasteiger partial charge is 0.303 e. The van der Waals surface area contributed by atoms with Crippen LogP contribution in [0.3, 0.4) is 0 Å². The minimum absolute atomic E-state index is 0.262. The summed E-state index contributed by atoms with van der Waals surface area (Å²) in [7, 11) is 0. The zero-order chi connectivity index (χ0) is 9.59. The van der Waals surface area contributed by atoms with Crippen LogP contribution in [0.5, 0.6) is 0 Å². The lowest BCUT2D eigenvalue weighted by Gasteiger charge is -2.01. The van der Waals surface area contributed by atoms with Gasteiger partial charge in [-0.1, -0.05) is 0 Å². The Morgan fingerprint density at radius 1 is 1.38 bits per heavy atom. The molecular formula is C9H8BrFN2. The molecule has 0 aliphatic carbocycles. The monoisotopic (exact) mass is 242 g/mol. The van der Waals surface area contributed by atoms with E-state index in [1.807, 2.05) is 13.1 Å². The molecule has 0 bridgehead atoms. The van der Waals surface area contributed by atoms with Crippen molar-refractivity contribution in [3.8, 4) is 0 Å². The zero-order valence-electron chi connectivity index (χ0n) is 7.31. The van der Waals surface area contributed by atoms with Gasteiger partial charge in [0.05, 0.1) is 5.69 Å². The Morgan fingerprint density at radius 2 is 2.08 bits per heavy atom. The van der Waals surface area contributed by atoms with E-state index in [9.17, 15) is 4.39 Å². The fraction of sp³-hybridized carbons (Fsp3) is 0.222. The standard InChI is InChI=1S/C9H8BrFN2/c1-5-3-13-4-7(10)6(2)8(11)9(13)12-5/h3-4H,1-2H3. The van der Waals surface area contributed by atoms with Gasteiger partial charge in [0.2, 0.25) is 0 Å². The van der Waals surface area contributed by atoms with E-state index in [0.717, 1.165) is 10.2 Å². The summed E-state index contributed by atoms with van der Waals surface area (Å²) in [6, 6.07) is 0. The number of nitrogens with zero attached hydrogens (tertiary/aromatic N) is 2. The first-order chi connectivity index (χ1) is 6.09. The maximum atomic E-state index is 13.6. The van der Waals surface area contributed by atoms with Crippen molar-refractivity contribution in [1.82, 2.24) is 9.38 Å². The van der Waals surface area contributed by atoms with E-state index in [4.69, 9.17) is 0 Å². The van der Waals surface area contributed by atoms with Gasteiger partial charge < -0.3 is 4.40 Å². The Bertz CT molecular complexity index is 476. The fourth-order valence-corrected chi connectivity index (χ4v) is 1.66. The summed E-state index contributed by atoms with van der Waals surface area (Å²) in [5.74, 6) is -0.262.